The number of hydrogen-bond donors (Lipinski definition) is 1. The predicted octanol–water partition coefficient (Wildman–Crippen LogP) is 2.98. The van der Waals surface area contributed by atoms with Crippen molar-refractivity contribution in [2.45, 2.75) is 57.1 Å². The van der Waals surface area contributed by atoms with E-state index < -0.39 is 0 Å². The van der Waals surface area contributed by atoms with E-state index in [0.717, 1.165) is 25.5 Å². The second kappa shape index (κ2) is 4.92. The topological polar surface area (TPSA) is 39.1 Å². The fraction of sp³-hybridized carbons (Fsp3) is 0.786. The van der Waals surface area contributed by atoms with E-state index in [0.29, 0.717) is 6.04 Å². The molecule has 2 aliphatic rings. The zero-order valence-electron chi connectivity index (χ0n) is 11.2. The average Bonchev–Trinajstić information content (AvgIpc) is 3.08. The van der Waals surface area contributed by atoms with Gasteiger partial charge >= 0.3 is 0 Å². The predicted molar refractivity (Wildman–Crippen MR) is 71.8 cm³/mol. The lowest BCUT2D eigenvalue weighted by atomic mass is 10.0. The summed E-state index contributed by atoms with van der Waals surface area (Å²) in [4.78, 5) is 4.45. The lowest BCUT2D eigenvalue weighted by Crippen LogP contribution is -2.33. The van der Waals surface area contributed by atoms with Crippen molar-refractivity contribution in [3.8, 4) is 0 Å². The minimum Gasteiger partial charge on any atom is -0.373 e. The van der Waals surface area contributed by atoms with E-state index in [9.17, 15) is 0 Å². The van der Waals surface area contributed by atoms with E-state index in [-0.39, 0.29) is 5.60 Å². The highest BCUT2D eigenvalue weighted by Gasteiger charge is 2.30. The third-order valence-electron chi connectivity index (χ3n) is 4.31. The molecule has 0 bridgehead atoms. The molecule has 1 saturated heterocycles. The van der Waals surface area contributed by atoms with Crippen LogP contribution in [-0.4, -0.2) is 28.3 Å². The Morgan fingerprint density at radius 2 is 2.28 bits per heavy atom. The smallest absolute Gasteiger partial charge is 0.203 e. The summed E-state index contributed by atoms with van der Waals surface area (Å²) in [5, 5.41) is 3.48. The molecule has 1 aromatic heterocycles. The summed E-state index contributed by atoms with van der Waals surface area (Å²) in [5.74, 6) is 1.01. The van der Waals surface area contributed by atoms with E-state index in [1.807, 2.05) is 6.20 Å². The molecular weight excluding hydrogens is 226 g/mol. The van der Waals surface area contributed by atoms with Crippen molar-refractivity contribution in [1.29, 1.82) is 0 Å². The highest BCUT2D eigenvalue weighted by atomic mass is 16.5. The molecule has 1 aliphatic carbocycles. The number of nitrogens with zero attached hydrogens (tertiary/aromatic N) is 2. The van der Waals surface area contributed by atoms with Gasteiger partial charge in [0.05, 0.1) is 5.60 Å². The van der Waals surface area contributed by atoms with Gasteiger partial charge in [-0.15, -0.1) is 0 Å². The summed E-state index contributed by atoms with van der Waals surface area (Å²) in [6.45, 7) is 3.95. The molecule has 2 heterocycles. The number of aromatic nitrogens is 2. The molecule has 100 valence electrons. The van der Waals surface area contributed by atoms with E-state index in [1.54, 1.807) is 0 Å². The zero-order chi connectivity index (χ0) is 12.4. The second-order valence-corrected chi connectivity index (χ2v) is 5.85. The maximum absolute atomic E-state index is 5.80. The maximum atomic E-state index is 5.80. The number of ether oxygens (including phenoxy) is 1. The fourth-order valence-electron chi connectivity index (χ4n) is 3.17. The third kappa shape index (κ3) is 2.39. The van der Waals surface area contributed by atoms with Crippen molar-refractivity contribution >= 4 is 5.95 Å². The number of rotatable bonds is 4. The van der Waals surface area contributed by atoms with Crippen molar-refractivity contribution in [3.05, 3.63) is 12.4 Å². The number of anilines is 1. The van der Waals surface area contributed by atoms with Crippen molar-refractivity contribution in [3.63, 3.8) is 0 Å². The summed E-state index contributed by atoms with van der Waals surface area (Å²) >= 11 is 0. The van der Waals surface area contributed by atoms with Crippen molar-refractivity contribution in [2.24, 2.45) is 0 Å². The van der Waals surface area contributed by atoms with Crippen LogP contribution >= 0.6 is 0 Å². The molecule has 1 N–H and O–H groups in total. The van der Waals surface area contributed by atoms with Crippen LogP contribution in [0.25, 0.3) is 0 Å². The molecule has 1 saturated carbocycles. The standard InChI is InChI=1S/C14H23N3O/c1-14(7-4-10-18-14)11-16-13-15-8-9-17(13)12-5-2-3-6-12/h8-9,12H,2-7,10-11H2,1H3,(H,15,16). The first-order valence-corrected chi connectivity index (χ1v) is 7.18. The van der Waals surface area contributed by atoms with Gasteiger partial charge in [0.25, 0.3) is 0 Å². The van der Waals surface area contributed by atoms with Gasteiger partial charge in [-0.05, 0) is 32.6 Å². The molecule has 0 spiro atoms. The van der Waals surface area contributed by atoms with Crippen molar-refractivity contribution < 1.29 is 4.74 Å². The normalized spacial score (nSPS) is 28.9. The molecule has 1 aromatic rings. The summed E-state index contributed by atoms with van der Waals surface area (Å²) in [6, 6.07) is 0.646. The Kier molecular flexibility index (Phi) is 3.29. The Morgan fingerprint density at radius 1 is 1.44 bits per heavy atom. The van der Waals surface area contributed by atoms with Crippen LogP contribution in [-0.2, 0) is 4.74 Å². The van der Waals surface area contributed by atoms with Crippen LogP contribution in [0.2, 0.25) is 0 Å². The van der Waals surface area contributed by atoms with Crippen LogP contribution in [0.1, 0.15) is 51.5 Å². The van der Waals surface area contributed by atoms with Gasteiger partial charge in [-0.1, -0.05) is 12.8 Å². The molecule has 18 heavy (non-hydrogen) atoms. The maximum Gasteiger partial charge on any atom is 0.203 e. The number of hydrogen-bond acceptors (Lipinski definition) is 3. The van der Waals surface area contributed by atoms with Gasteiger partial charge < -0.3 is 14.6 Å². The first-order chi connectivity index (χ1) is 8.77. The first-order valence-electron chi connectivity index (χ1n) is 7.18. The Bertz CT molecular complexity index is 389. The van der Waals surface area contributed by atoms with Crippen LogP contribution in [0, 0.1) is 0 Å². The molecule has 0 aromatic carbocycles. The van der Waals surface area contributed by atoms with Crippen LogP contribution in [0.3, 0.4) is 0 Å². The molecule has 4 heteroatoms. The quantitative estimate of drug-likeness (QED) is 0.891. The fourth-order valence-corrected chi connectivity index (χ4v) is 3.17. The zero-order valence-corrected chi connectivity index (χ0v) is 11.2. The lowest BCUT2D eigenvalue weighted by Gasteiger charge is -2.24. The van der Waals surface area contributed by atoms with Gasteiger partial charge in [0.1, 0.15) is 0 Å². The summed E-state index contributed by atoms with van der Waals surface area (Å²) < 4.78 is 8.12. The number of nitrogens with one attached hydrogen (secondary N) is 1. The summed E-state index contributed by atoms with van der Waals surface area (Å²) in [6.07, 6.45) is 11.6. The van der Waals surface area contributed by atoms with Crippen LogP contribution in [0.4, 0.5) is 5.95 Å². The van der Waals surface area contributed by atoms with E-state index in [2.05, 4.69) is 28.0 Å². The van der Waals surface area contributed by atoms with E-state index >= 15 is 0 Å². The van der Waals surface area contributed by atoms with Crippen LogP contribution in [0.5, 0.6) is 0 Å². The van der Waals surface area contributed by atoms with Crippen LogP contribution in [0.15, 0.2) is 12.4 Å². The van der Waals surface area contributed by atoms with Gasteiger partial charge in [0.2, 0.25) is 5.95 Å². The summed E-state index contributed by atoms with van der Waals surface area (Å²) in [7, 11) is 0. The summed E-state index contributed by atoms with van der Waals surface area (Å²) in [5.41, 5.74) is -0.00748. The number of imidazole rings is 1. The van der Waals surface area contributed by atoms with Crippen molar-refractivity contribution in [1.82, 2.24) is 9.55 Å². The van der Waals surface area contributed by atoms with Gasteiger partial charge in [-0.3, -0.25) is 0 Å². The molecule has 0 radical (unpaired) electrons. The largest absolute Gasteiger partial charge is 0.373 e. The first kappa shape index (κ1) is 12.0. The molecule has 4 nitrogen and oxygen atoms in total. The minimum absolute atomic E-state index is 0.00748. The monoisotopic (exact) mass is 249 g/mol. The molecule has 1 atom stereocenters. The van der Waals surface area contributed by atoms with E-state index in [4.69, 9.17) is 4.74 Å². The lowest BCUT2D eigenvalue weighted by molar-refractivity contribution is 0.0313. The van der Waals surface area contributed by atoms with Gasteiger partial charge in [0, 0.05) is 31.6 Å². The van der Waals surface area contributed by atoms with Gasteiger partial charge in [0.15, 0.2) is 0 Å². The molecule has 1 aliphatic heterocycles. The van der Waals surface area contributed by atoms with Gasteiger partial charge in [-0.25, -0.2) is 4.98 Å². The van der Waals surface area contributed by atoms with Crippen molar-refractivity contribution in [2.75, 3.05) is 18.5 Å². The Hall–Kier alpha value is -1.03. The van der Waals surface area contributed by atoms with E-state index in [1.165, 1.54) is 32.1 Å². The highest BCUT2D eigenvalue weighted by molar-refractivity contribution is 5.28. The average molecular weight is 249 g/mol. The molecule has 1 unspecified atom stereocenters. The Balaban J connectivity index is 1.64. The Morgan fingerprint density at radius 3 is 3.00 bits per heavy atom. The molecule has 0 amide bonds. The Labute approximate surface area is 109 Å². The second-order valence-electron chi connectivity index (χ2n) is 5.85. The van der Waals surface area contributed by atoms with Crippen LogP contribution < -0.4 is 5.32 Å². The highest BCUT2D eigenvalue weighted by Crippen LogP contribution is 2.32. The minimum atomic E-state index is -0.00748. The SMILES string of the molecule is CC1(CNc2nccn2C2CCCC2)CCCO1. The molecular formula is C14H23N3O. The molecule has 2 fully saturated rings. The van der Waals surface area contributed by atoms with Gasteiger partial charge in [-0.2, -0.15) is 0 Å². The third-order valence-corrected chi connectivity index (χ3v) is 4.31. The molecule has 3 rings (SSSR count).